The van der Waals surface area contributed by atoms with Crippen molar-refractivity contribution in [3.05, 3.63) is 23.9 Å². The van der Waals surface area contributed by atoms with Gasteiger partial charge in [-0.15, -0.1) is 24.0 Å². The van der Waals surface area contributed by atoms with E-state index >= 15 is 0 Å². The number of aryl methyl sites for hydroxylation is 1. The average Bonchev–Trinajstić information content (AvgIpc) is 2.99. The third kappa shape index (κ3) is 8.28. The highest BCUT2D eigenvalue weighted by atomic mass is 127. The molecule has 0 aromatic carbocycles. The van der Waals surface area contributed by atoms with Gasteiger partial charge in [0.1, 0.15) is 5.82 Å². The predicted octanol–water partition coefficient (Wildman–Crippen LogP) is 3.88. The summed E-state index contributed by atoms with van der Waals surface area (Å²) in [5.41, 5.74) is 1.08. The van der Waals surface area contributed by atoms with Crippen LogP contribution in [0.1, 0.15) is 57.1 Å². The third-order valence-electron chi connectivity index (χ3n) is 5.81. The fraction of sp³-hybridized carbons (Fsp3) is 0.727. The SMILES string of the molecule is CN=C(NCCOC1CCCCCC1)NC1CCN(c2cccc(C)n2)CC1.I. The smallest absolute Gasteiger partial charge is 0.191 e. The zero-order chi connectivity index (χ0) is 19.6. The fourth-order valence-electron chi connectivity index (χ4n) is 4.15. The molecule has 7 heteroatoms. The van der Waals surface area contributed by atoms with Crippen molar-refractivity contribution in [2.24, 2.45) is 4.99 Å². The number of aliphatic imine (C=N–C) groups is 1. The van der Waals surface area contributed by atoms with Crippen LogP contribution in [0.15, 0.2) is 23.2 Å². The maximum atomic E-state index is 6.06. The average molecular weight is 515 g/mol. The summed E-state index contributed by atoms with van der Waals surface area (Å²) in [6, 6.07) is 6.70. The second-order valence-corrected chi connectivity index (χ2v) is 8.03. The van der Waals surface area contributed by atoms with Gasteiger partial charge < -0.3 is 20.3 Å². The molecule has 0 spiro atoms. The molecular formula is C22H38IN5O. The molecule has 1 saturated carbocycles. The van der Waals surface area contributed by atoms with Crippen molar-refractivity contribution >= 4 is 35.8 Å². The van der Waals surface area contributed by atoms with E-state index in [1.165, 1.54) is 38.5 Å². The molecule has 0 unspecified atom stereocenters. The van der Waals surface area contributed by atoms with Crippen molar-refractivity contribution in [2.75, 3.05) is 38.2 Å². The maximum absolute atomic E-state index is 6.06. The van der Waals surface area contributed by atoms with Crippen LogP contribution in [0.25, 0.3) is 0 Å². The van der Waals surface area contributed by atoms with Crippen molar-refractivity contribution in [2.45, 2.75) is 70.4 Å². The Bertz CT molecular complexity index is 611. The summed E-state index contributed by atoms with van der Waals surface area (Å²) in [4.78, 5) is 11.4. The summed E-state index contributed by atoms with van der Waals surface area (Å²) in [5, 5.41) is 6.98. The first-order chi connectivity index (χ1) is 13.7. The van der Waals surface area contributed by atoms with Gasteiger partial charge in [-0.25, -0.2) is 4.98 Å². The largest absolute Gasteiger partial charge is 0.376 e. The molecule has 164 valence electrons. The molecule has 2 aliphatic rings. The highest BCUT2D eigenvalue weighted by Crippen LogP contribution is 2.20. The Labute approximate surface area is 193 Å². The molecule has 1 aliphatic heterocycles. The second-order valence-electron chi connectivity index (χ2n) is 8.03. The molecule has 0 bridgehead atoms. The first-order valence-corrected chi connectivity index (χ1v) is 11.0. The summed E-state index contributed by atoms with van der Waals surface area (Å²) in [6.45, 7) is 5.66. The Kier molecular flexibility index (Phi) is 11.1. The lowest BCUT2D eigenvalue weighted by Crippen LogP contribution is -2.49. The van der Waals surface area contributed by atoms with Gasteiger partial charge in [-0.3, -0.25) is 4.99 Å². The van der Waals surface area contributed by atoms with Crippen LogP contribution in [-0.2, 0) is 4.74 Å². The van der Waals surface area contributed by atoms with E-state index in [4.69, 9.17) is 4.74 Å². The van der Waals surface area contributed by atoms with Crippen LogP contribution in [0.5, 0.6) is 0 Å². The highest BCUT2D eigenvalue weighted by Gasteiger charge is 2.21. The van der Waals surface area contributed by atoms with Crippen molar-refractivity contribution in [1.82, 2.24) is 15.6 Å². The van der Waals surface area contributed by atoms with Gasteiger partial charge in [0.25, 0.3) is 0 Å². The van der Waals surface area contributed by atoms with Crippen LogP contribution in [0, 0.1) is 6.92 Å². The van der Waals surface area contributed by atoms with Crippen molar-refractivity contribution in [3.8, 4) is 0 Å². The molecule has 3 rings (SSSR count). The van der Waals surface area contributed by atoms with Gasteiger partial charge in [-0.05, 0) is 44.7 Å². The minimum absolute atomic E-state index is 0. The Hall–Kier alpha value is -1.09. The summed E-state index contributed by atoms with van der Waals surface area (Å²) < 4.78 is 6.06. The molecule has 2 fully saturated rings. The number of halogens is 1. The first-order valence-electron chi connectivity index (χ1n) is 11.0. The molecule has 1 aromatic rings. The lowest BCUT2D eigenvalue weighted by atomic mass is 10.1. The van der Waals surface area contributed by atoms with Crippen LogP contribution in [0.4, 0.5) is 5.82 Å². The van der Waals surface area contributed by atoms with E-state index in [1.807, 2.05) is 20.0 Å². The van der Waals surface area contributed by atoms with Gasteiger partial charge >= 0.3 is 0 Å². The van der Waals surface area contributed by atoms with E-state index in [9.17, 15) is 0 Å². The third-order valence-corrected chi connectivity index (χ3v) is 5.81. The number of guanidine groups is 1. The van der Waals surface area contributed by atoms with Gasteiger partial charge in [0.05, 0.1) is 12.7 Å². The van der Waals surface area contributed by atoms with Crippen molar-refractivity contribution in [1.29, 1.82) is 0 Å². The number of hydrogen-bond donors (Lipinski definition) is 2. The predicted molar refractivity (Wildman–Crippen MR) is 132 cm³/mol. The quantitative estimate of drug-likeness (QED) is 0.198. The van der Waals surface area contributed by atoms with Crippen LogP contribution >= 0.6 is 24.0 Å². The topological polar surface area (TPSA) is 61.8 Å². The van der Waals surface area contributed by atoms with Gasteiger partial charge in [-0.2, -0.15) is 0 Å². The van der Waals surface area contributed by atoms with E-state index in [-0.39, 0.29) is 24.0 Å². The van der Waals surface area contributed by atoms with Crippen LogP contribution in [-0.4, -0.2) is 56.4 Å². The molecule has 1 saturated heterocycles. The Morgan fingerprint density at radius 3 is 2.52 bits per heavy atom. The minimum Gasteiger partial charge on any atom is -0.376 e. The first kappa shape index (κ1) is 24.2. The van der Waals surface area contributed by atoms with E-state index in [0.717, 1.165) is 56.6 Å². The number of ether oxygens (including phenoxy) is 1. The molecule has 0 atom stereocenters. The zero-order valence-corrected chi connectivity index (χ0v) is 20.4. The molecule has 1 aromatic heterocycles. The number of aromatic nitrogens is 1. The van der Waals surface area contributed by atoms with E-state index < -0.39 is 0 Å². The molecule has 2 heterocycles. The molecule has 0 amide bonds. The van der Waals surface area contributed by atoms with Gasteiger partial charge in [0.2, 0.25) is 0 Å². The van der Waals surface area contributed by atoms with Gasteiger partial charge in [-0.1, -0.05) is 31.7 Å². The summed E-state index contributed by atoms with van der Waals surface area (Å²) in [5.74, 6) is 1.98. The zero-order valence-electron chi connectivity index (χ0n) is 18.0. The number of hydrogen-bond acceptors (Lipinski definition) is 4. The molecule has 6 nitrogen and oxygen atoms in total. The second kappa shape index (κ2) is 13.3. The lowest BCUT2D eigenvalue weighted by molar-refractivity contribution is 0.0468. The molecule has 1 aliphatic carbocycles. The number of nitrogens with zero attached hydrogens (tertiary/aromatic N) is 3. The summed E-state index contributed by atoms with van der Waals surface area (Å²) >= 11 is 0. The normalized spacial score (nSPS) is 19.4. The fourth-order valence-corrected chi connectivity index (χ4v) is 4.15. The van der Waals surface area contributed by atoms with E-state index in [1.54, 1.807) is 0 Å². The summed E-state index contributed by atoms with van der Waals surface area (Å²) in [7, 11) is 1.84. The van der Waals surface area contributed by atoms with E-state index in [0.29, 0.717) is 12.1 Å². The standard InChI is InChI=1S/C22H37N5O.HI/c1-18-8-7-11-21(25-18)27-15-12-19(13-16-27)26-22(23-2)24-14-17-28-20-9-5-3-4-6-10-20;/h7-8,11,19-20H,3-6,9-10,12-17H2,1-2H3,(H2,23,24,26);1H. The maximum Gasteiger partial charge on any atom is 0.191 e. The molecular weight excluding hydrogens is 477 g/mol. The Balaban J connectivity index is 0.00000300. The number of nitrogens with one attached hydrogen (secondary N) is 2. The summed E-state index contributed by atoms with van der Waals surface area (Å²) in [6.07, 6.45) is 10.5. The lowest BCUT2D eigenvalue weighted by Gasteiger charge is -2.34. The van der Waals surface area contributed by atoms with Crippen LogP contribution < -0.4 is 15.5 Å². The highest BCUT2D eigenvalue weighted by molar-refractivity contribution is 14.0. The number of rotatable bonds is 6. The minimum atomic E-state index is 0. The molecule has 29 heavy (non-hydrogen) atoms. The van der Waals surface area contributed by atoms with Crippen LogP contribution in [0.3, 0.4) is 0 Å². The Morgan fingerprint density at radius 1 is 1.14 bits per heavy atom. The van der Waals surface area contributed by atoms with Crippen molar-refractivity contribution < 1.29 is 4.74 Å². The Morgan fingerprint density at radius 2 is 1.86 bits per heavy atom. The monoisotopic (exact) mass is 515 g/mol. The van der Waals surface area contributed by atoms with Gasteiger partial charge in [0, 0.05) is 38.4 Å². The van der Waals surface area contributed by atoms with Gasteiger partial charge in [0.15, 0.2) is 5.96 Å². The molecule has 2 N–H and O–H groups in total. The molecule has 0 radical (unpaired) electrons. The number of pyridine rings is 1. The van der Waals surface area contributed by atoms with E-state index in [2.05, 4.69) is 37.6 Å². The van der Waals surface area contributed by atoms with Crippen LogP contribution in [0.2, 0.25) is 0 Å². The number of anilines is 1. The van der Waals surface area contributed by atoms with Crippen molar-refractivity contribution in [3.63, 3.8) is 0 Å². The number of piperidine rings is 1.